The molecule has 0 saturated heterocycles. The van der Waals surface area contributed by atoms with E-state index in [9.17, 15) is 22.0 Å². The van der Waals surface area contributed by atoms with Crippen LogP contribution in [0.1, 0.15) is 56.7 Å². The minimum Gasteiger partial charge on any atom is -0.459 e. The second-order valence-electron chi connectivity index (χ2n) is 9.39. The molecule has 0 aliphatic carbocycles. The van der Waals surface area contributed by atoms with E-state index in [1.807, 2.05) is 25.1 Å². The molecule has 3 N–H and O–H groups in total. The topological polar surface area (TPSA) is 102 Å². The lowest BCUT2D eigenvalue weighted by molar-refractivity contribution is -0.149. The molecule has 0 radical (unpaired) electrons. The number of hydrogen-bond acceptors (Lipinski definition) is 6. The summed E-state index contributed by atoms with van der Waals surface area (Å²) in [5.41, 5.74) is 8.92. The Labute approximate surface area is 225 Å². The Bertz CT molecular complexity index is 1110. The van der Waals surface area contributed by atoms with Crippen LogP contribution in [0.4, 0.5) is 8.78 Å². The van der Waals surface area contributed by atoms with Gasteiger partial charge in [-0.15, -0.1) is 0 Å². The predicted octanol–water partition coefficient (Wildman–Crippen LogP) is 3.94. The molecule has 0 spiro atoms. The Morgan fingerprint density at radius 1 is 1.05 bits per heavy atom. The van der Waals surface area contributed by atoms with Gasteiger partial charge in [0.1, 0.15) is 17.7 Å². The van der Waals surface area contributed by atoms with E-state index in [0.29, 0.717) is 25.2 Å². The molecule has 0 saturated carbocycles. The number of esters is 1. The molecule has 2 aromatic rings. The summed E-state index contributed by atoms with van der Waals surface area (Å²) in [6.45, 7) is 7.24. The van der Waals surface area contributed by atoms with E-state index in [-0.39, 0.29) is 25.1 Å². The molecule has 2 aromatic carbocycles. The molecule has 0 heterocycles. The zero-order chi connectivity index (χ0) is 28.1. The van der Waals surface area contributed by atoms with E-state index in [1.165, 1.54) is 22.0 Å². The van der Waals surface area contributed by atoms with Crippen molar-refractivity contribution < 1.29 is 26.7 Å². The summed E-state index contributed by atoms with van der Waals surface area (Å²) in [4.78, 5) is 12.7. The molecular formula is C28H41F2N3O4S. The number of carbonyl (C=O) groups is 1. The monoisotopic (exact) mass is 553 g/mol. The molecule has 7 nitrogen and oxygen atoms in total. The highest BCUT2D eigenvalue weighted by atomic mass is 32.2. The van der Waals surface area contributed by atoms with E-state index in [4.69, 9.17) is 10.5 Å². The van der Waals surface area contributed by atoms with E-state index in [0.717, 1.165) is 30.9 Å². The van der Waals surface area contributed by atoms with Crippen LogP contribution in [-0.2, 0) is 38.9 Å². The number of sulfonamides is 1. The minimum absolute atomic E-state index is 0.0680. The number of nitrogens with one attached hydrogen (secondary N) is 1. The zero-order valence-electron chi connectivity index (χ0n) is 22.6. The van der Waals surface area contributed by atoms with Crippen molar-refractivity contribution in [3.63, 3.8) is 0 Å². The van der Waals surface area contributed by atoms with Crippen molar-refractivity contribution in [2.45, 2.75) is 71.6 Å². The largest absolute Gasteiger partial charge is 0.459 e. The van der Waals surface area contributed by atoms with Gasteiger partial charge in [-0.2, -0.15) is 0 Å². The lowest BCUT2D eigenvalue weighted by Crippen LogP contribution is -2.46. The molecule has 212 valence electrons. The first-order chi connectivity index (χ1) is 18.1. The Morgan fingerprint density at radius 3 is 2.37 bits per heavy atom. The molecule has 0 unspecified atom stereocenters. The van der Waals surface area contributed by atoms with Crippen molar-refractivity contribution >= 4 is 16.0 Å². The van der Waals surface area contributed by atoms with Crippen molar-refractivity contribution in [1.82, 2.24) is 9.62 Å². The molecule has 0 aliphatic rings. The molecule has 10 heteroatoms. The van der Waals surface area contributed by atoms with Crippen LogP contribution in [0, 0.1) is 11.6 Å². The maximum absolute atomic E-state index is 13.7. The number of benzene rings is 2. The van der Waals surface area contributed by atoms with E-state index >= 15 is 0 Å². The molecule has 0 fully saturated rings. The number of aryl methyl sites for hydroxylation is 1. The summed E-state index contributed by atoms with van der Waals surface area (Å²) in [5, 5.41) is 3.24. The van der Waals surface area contributed by atoms with Gasteiger partial charge in [-0.05, 0) is 48.1 Å². The molecule has 0 amide bonds. The first kappa shape index (κ1) is 31.8. The standard InChI is InChI=1S/C28H41F2N3O4S/c1-4-7-12-33(6-3)38(35,36)13-11-28(34)37-27(20-32-19-22-10-8-9-21(5-2)14-22)26(31)17-23-15-24(29)18-25(30)16-23/h8-10,14-16,18,26-27,32H,4-7,11-13,17,19-20,31H2,1-3H3/t26-,27+/m0/s1. The number of nitrogens with two attached hydrogens (primary N) is 1. The number of nitrogens with zero attached hydrogens (tertiary/aromatic N) is 1. The Balaban J connectivity index is 2.07. The first-order valence-electron chi connectivity index (χ1n) is 13.2. The summed E-state index contributed by atoms with van der Waals surface area (Å²) >= 11 is 0. The average Bonchev–Trinajstić information content (AvgIpc) is 2.86. The molecule has 2 rings (SSSR count). The third-order valence-corrected chi connectivity index (χ3v) is 8.25. The maximum Gasteiger partial charge on any atom is 0.307 e. The lowest BCUT2D eigenvalue weighted by Gasteiger charge is -2.25. The highest BCUT2D eigenvalue weighted by Crippen LogP contribution is 2.14. The molecule has 0 aromatic heterocycles. The first-order valence-corrected chi connectivity index (χ1v) is 14.8. The number of hydrogen-bond donors (Lipinski definition) is 2. The maximum atomic E-state index is 13.7. The third kappa shape index (κ3) is 10.8. The van der Waals surface area contributed by atoms with Gasteiger partial charge in [-0.25, -0.2) is 21.5 Å². The van der Waals surface area contributed by atoms with E-state index in [1.54, 1.807) is 6.92 Å². The van der Waals surface area contributed by atoms with Crippen molar-refractivity contribution in [2.24, 2.45) is 5.73 Å². The molecule has 0 aliphatic heterocycles. The van der Waals surface area contributed by atoms with Gasteiger partial charge in [0.25, 0.3) is 0 Å². The van der Waals surface area contributed by atoms with Crippen LogP contribution < -0.4 is 11.1 Å². The molecule has 38 heavy (non-hydrogen) atoms. The van der Waals surface area contributed by atoms with Gasteiger partial charge in [0.05, 0.1) is 12.2 Å². The summed E-state index contributed by atoms with van der Waals surface area (Å²) in [6, 6.07) is 10.4. The Morgan fingerprint density at radius 2 is 1.74 bits per heavy atom. The van der Waals surface area contributed by atoms with Crippen LogP contribution in [0.2, 0.25) is 0 Å². The van der Waals surface area contributed by atoms with Crippen LogP contribution in [0.25, 0.3) is 0 Å². The summed E-state index contributed by atoms with van der Waals surface area (Å²) < 4.78 is 59.7. The van der Waals surface area contributed by atoms with Gasteiger partial charge in [0.15, 0.2) is 0 Å². The van der Waals surface area contributed by atoms with Crippen LogP contribution in [0.5, 0.6) is 0 Å². The minimum atomic E-state index is -3.61. The highest BCUT2D eigenvalue weighted by molar-refractivity contribution is 7.89. The normalized spacial score (nSPS) is 13.4. The van der Waals surface area contributed by atoms with Gasteiger partial charge in [-0.1, -0.05) is 51.5 Å². The SMILES string of the molecule is CCCCN(CC)S(=O)(=O)CCC(=O)O[C@H](CNCc1cccc(CC)c1)[C@@H](N)Cc1cc(F)cc(F)c1. The fourth-order valence-electron chi connectivity index (χ4n) is 4.13. The number of ether oxygens (including phenoxy) is 1. The number of carbonyl (C=O) groups excluding carboxylic acids is 1. The number of unbranched alkanes of at least 4 members (excludes halogenated alkanes) is 1. The van der Waals surface area contributed by atoms with Crippen LogP contribution in [0.3, 0.4) is 0 Å². The fraction of sp³-hybridized carbons (Fsp3) is 0.536. The molecule has 2 atom stereocenters. The lowest BCUT2D eigenvalue weighted by atomic mass is 10.0. The van der Waals surface area contributed by atoms with Gasteiger partial charge in [0.2, 0.25) is 10.0 Å². The van der Waals surface area contributed by atoms with Gasteiger partial charge in [-0.3, -0.25) is 4.79 Å². The van der Waals surface area contributed by atoms with Crippen LogP contribution in [0.15, 0.2) is 42.5 Å². The van der Waals surface area contributed by atoms with Gasteiger partial charge < -0.3 is 15.8 Å². The fourth-order valence-corrected chi connectivity index (χ4v) is 5.61. The van der Waals surface area contributed by atoms with Gasteiger partial charge in [0, 0.05) is 38.3 Å². The predicted molar refractivity (Wildman–Crippen MR) is 146 cm³/mol. The van der Waals surface area contributed by atoms with Crippen molar-refractivity contribution in [1.29, 1.82) is 0 Å². The second-order valence-corrected chi connectivity index (χ2v) is 11.5. The third-order valence-electron chi connectivity index (χ3n) is 6.30. The van der Waals surface area contributed by atoms with Crippen molar-refractivity contribution in [3.05, 3.63) is 70.8 Å². The van der Waals surface area contributed by atoms with Crippen LogP contribution in [-0.4, -0.2) is 56.2 Å². The van der Waals surface area contributed by atoms with Crippen molar-refractivity contribution in [2.75, 3.05) is 25.4 Å². The summed E-state index contributed by atoms with van der Waals surface area (Å²) in [6.07, 6.45) is 1.41. The Kier molecular flexibility index (Phi) is 13.3. The smallest absolute Gasteiger partial charge is 0.307 e. The second kappa shape index (κ2) is 15.9. The average molecular weight is 554 g/mol. The number of halogens is 2. The van der Waals surface area contributed by atoms with Crippen LogP contribution >= 0.6 is 0 Å². The van der Waals surface area contributed by atoms with E-state index in [2.05, 4.69) is 18.3 Å². The Hall–Kier alpha value is -2.40. The zero-order valence-corrected chi connectivity index (χ0v) is 23.4. The summed E-state index contributed by atoms with van der Waals surface area (Å²) in [7, 11) is -3.61. The molecular weight excluding hydrogens is 512 g/mol. The van der Waals surface area contributed by atoms with E-state index < -0.39 is 39.8 Å². The quantitative estimate of drug-likeness (QED) is 0.288. The van der Waals surface area contributed by atoms with Gasteiger partial charge >= 0.3 is 5.97 Å². The summed E-state index contributed by atoms with van der Waals surface area (Å²) in [5.74, 6) is -2.50. The molecule has 0 bridgehead atoms. The van der Waals surface area contributed by atoms with Crippen molar-refractivity contribution in [3.8, 4) is 0 Å². The highest BCUT2D eigenvalue weighted by Gasteiger charge is 2.26. The number of rotatable bonds is 17.